The third kappa shape index (κ3) is 2.54. The normalized spacial score (nSPS) is 28.3. The summed E-state index contributed by atoms with van der Waals surface area (Å²) >= 11 is 3.65. The first-order valence-corrected chi connectivity index (χ1v) is 7.82. The molecule has 2 aliphatic rings. The Bertz CT molecular complexity index is 463. The number of anilines is 1. The standard InChI is InChI=1S/C15H20BrNO2/c1-10(18)11-5-6-13(12(16)9-11)17-7-8-19-15-4-2-3-14(15)17/h5-6,9-10,14-15,18H,2-4,7-8H2,1H3/t10-,14?,15?/m1/s1. The molecule has 2 unspecified atom stereocenters. The van der Waals surface area contributed by atoms with Crippen LogP contribution < -0.4 is 4.90 Å². The molecular formula is C15H20BrNO2. The van der Waals surface area contributed by atoms with Gasteiger partial charge in [-0.15, -0.1) is 0 Å². The van der Waals surface area contributed by atoms with Gasteiger partial charge in [0.2, 0.25) is 0 Å². The monoisotopic (exact) mass is 325 g/mol. The van der Waals surface area contributed by atoms with Crippen LogP contribution in [0.4, 0.5) is 5.69 Å². The zero-order valence-corrected chi connectivity index (χ0v) is 12.8. The van der Waals surface area contributed by atoms with Crippen molar-refractivity contribution in [3.63, 3.8) is 0 Å². The fourth-order valence-corrected chi connectivity index (χ4v) is 3.86. The third-order valence-electron chi connectivity index (χ3n) is 4.25. The minimum absolute atomic E-state index is 0.400. The second-order valence-electron chi connectivity index (χ2n) is 5.49. The predicted molar refractivity (Wildman–Crippen MR) is 79.5 cm³/mol. The molecular weight excluding hydrogens is 306 g/mol. The number of halogens is 1. The Morgan fingerprint density at radius 2 is 2.26 bits per heavy atom. The molecule has 0 radical (unpaired) electrons. The molecule has 0 bridgehead atoms. The molecule has 104 valence electrons. The number of fused-ring (bicyclic) bond motifs is 1. The van der Waals surface area contributed by atoms with Crippen LogP contribution >= 0.6 is 15.9 Å². The molecule has 4 heteroatoms. The topological polar surface area (TPSA) is 32.7 Å². The van der Waals surface area contributed by atoms with Crippen LogP contribution in [0.3, 0.4) is 0 Å². The molecule has 3 atom stereocenters. The van der Waals surface area contributed by atoms with Gasteiger partial charge in [0.1, 0.15) is 0 Å². The summed E-state index contributed by atoms with van der Waals surface area (Å²) in [5.41, 5.74) is 2.18. The van der Waals surface area contributed by atoms with E-state index in [4.69, 9.17) is 4.74 Å². The summed E-state index contributed by atoms with van der Waals surface area (Å²) in [5, 5.41) is 9.65. The molecule has 19 heavy (non-hydrogen) atoms. The fraction of sp³-hybridized carbons (Fsp3) is 0.600. The SMILES string of the molecule is C[C@@H](O)c1ccc(N2CCOC3CCCC32)c(Br)c1. The lowest BCUT2D eigenvalue weighted by Crippen LogP contribution is -2.48. The summed E-state index contributed by atoms with van der Waals surface area (Å²) in [4.78, 5) is 2.47. The molecule has 0 amide bonds. The number of aliphatic hydroxyl groups is 1. The first-order valence-electron chi connectivity index (χ1n) is 7.02. The van der Waals surface area contributed by atoms with E-state index in [1.54, 1.807) is 6.92 Å². The van der Waals surface area contributed by atoms with Gasteiger partial charge in [0.25, 0.3) is 0 Å². The van der Waals surface area contributed by atoms with E-state index in [2.05, 4.69) is 26.9 Å². The first-order chi connectivity index (χ1) is 9.16. The van der Waals surface area contributed by atoms with Crippen molar-refractivity contribution < 1.29 is 9.84 Å². The summed E-state index contributed by atoms with van der Waals surface area (Å²) < 4.78 is 6.93. The molecule has 3 rings (SSSR count). The van der Waals surface area contributed by atoms with Gasteiger partial charge in [-0.3, -0.25) is 0 Å². The molecule has 2 fully saturated rings. The van der Waals surface area contributed by atoms with Crippen LogP contribution in [-0.4, -0.2) is 30.4 Å². The van der Waals surface area contributed by atoms with E-state index in [0.717, 1.165) is 23.2 Å². The number of nitrogens with zero attached hydrogens (tertiary/aromatic N) is 1. The quantitative estimate of drug-likeness (QED) is 0.905. The number of ether oxygens (including phenoxy) is 1. The summed E-state index contributed by atoms with van der Waals surface area (Å²) in [5.74, 6) is 0. The summed E-state index contributed by atoms with van der Waals surface area (Å²) in [7, 11) is 0. The maximum atomic E-state index is 9.65. The van der Waals surface area contributed by atoms with Gasteiger partial charge in [-0.25, -0.2) is 0 Å². The smallest absolute Gasteiger partial charge is 0.0779 e. The van der Waals surface area contributed by atoms with Crippen molar-refractivity contribution in [1.29, 1.82) is 0 Å². The molecule has 1 N–H and O–H groups in total. The van der Waals surface area contributed by atoms with Crippen molar-refractivity contribution in [2.75, 3.05) is 18.1 Å². The van der Waals surface area contributed by atoms with Crippen molar-refractivity contribution in [3.05, 3.63) is 28.2 Å². The molecule has 1 saturated heterocycles. The highest BCUT2D eigenvalue weighted by Gasteiger charge is 2.36. The summed E-state index contributed by atoms with van der Waals surface area (Å²) in [6, 6.07) is 6.68. The van der Waals surface area contributed by atoms with Crippen molar-refractivity contribution in [3.8, 4) is 0 Å². The second kappa shape index (κ2) is 5.43. The van der Waals surface area contributed by atoms with Crippen molar-refractivity contribution in [2.24, 2.45) is 0 Å². The van der Waals surface area contributed by atoms with E-state index >= 15 is 0 Å². The van der Waals surface area contributed by atoms with Gasteiger partial charge < -0.3 is 14.7 Å². The van der Waals surface area contributed by atoms with Crippen LogP contribution in [0, 0.1) is 0 Å². The highest BCUT2D eigenvalue weighted by Crippen LogP contribution is 2.37. The van der Waals surface area contributed by atoms with Gasteiger partial charge in [-0.05, 0) is 59.8 Å². The molecule has 1 aromatic rings. The highest BCUT2D eigenvalue weighted by atomic mass is 79.9. The maximum absolute atomic E-state index is 9.65. The molecule has 1 aliphatic heterocycles. The summed E-state index contributed by atoms with van der Waals surface area (Å²) in [6.45, 7) is 3.56. The van der Waals surface area contributed by atoms with Gasteiger partial charge in [-0.2, -0.15) is 0 Å². The first kappa shape index (κ1) is 13.4. The lowest BCUT2D eigenvalue weighted by atomic mass is 10.1. The molecule has 1 heterocycles. The van der Waals surface area contributed by atoms with E-state index in [1.165, 1.54) is 24.9 Å². The van der Waals surface area contributed by atoms with Crippen LogP contribution in [0.1, 0.15) is 37.9 Å². The number of morpholine rings is 1. The fourth-order valence-electron chi connectivity index (χ4n) is 3.24. The Morgan fingerprint density at radius 3 is 3.00 bits per heavy atom. The third-order valence-corrected chi connectivity index (χ3v) is 4.88. The molecule has 1 saturated carbocycles. The number of benzene rings is 1. The lowest BCUT2D eigenvalue weighted by molar-refractivity contribution is 0.0256. The molecule has 1 aliphatic carbocycles. The second-order valence-corrected chi connectivity index (χ2v) is 6.34. The highest BCUT2D eigenvalue weighted by molar-refractivity contribution is 9.10. The van der Waals surface area contributed by atoms with Crippen LogP contribution in [0.5, 0.6) is 0 Å². The predicted octanol–water partition coefficient (Wildman–Crippen LogP) is 3.26. The molecule has 0 aromatic heterocycles. The Hall–Kier alpha value is -0.580. The Labute approximate surface area is 122 Å². The molecule has 0 spiro atoms. The largest absolute Gasteiger partial charge is 0.389 e. The van der Waals surface area contributed by atoms with Gasteiger partial charge in [-0.1, -0.05) is 6.07 Å². The van der Waals surface area contributed by atoms with E-state index in [9.17, 15) is 5.11 Å². The van der Waals surface area contributed by atoms with Gasteiger partial charge in [0, 0.05) is 11.0 Å². The van der Waals surface area contributed by atoms with Crippen LogP contribution in [0.25, 0.3) is 0 Å². The van der Waals surface area contributed by atoms with E-state index in [-0.39, 0.29) is 0 Å². The average Bonchev–Trinajstić information content (AvgIpc) is 2.86. The zero-order valence-electron chi connectivity index (χ0n) is 11.2. The number of hydrogen-bond acceptors (Lipinski definition) is 3. The van der Waals surface area contributed by atoms with E-state index in [0.29, 0.717) is 12.1 Å². The molecule has 1 aromatic carbocycles. The van der Waals surface area contributed by atoms with Crippen LogP contribution in [0.2, 0.25) is 0 Å². The number of hydrogen-bond donors (Lipinski definition) is 1. The van der Waals surface area contributed by atoms with Crippen molar-refractivity contribution in [1.82, 2.24) is 0 Å². The lowest BCUT2D eigenvalue weighted by Gasteiger charge is -2.40. The number of rotatable bonds is 2. The summed E-state index contributed by atoms with van der Waals surface area (Å²) in [6.07, 6.45) is 3.64. The maximum Gasteiger partial charge on any atom is 0.0779 e. The minimum Gasteiger partial charge on any atom is -0.389 e. The van der Waals surface area contributed by atoms with Crippen molar-refractivity contribution >= 4 is 21.6 Å². The average molecular weight is 326 g/mol. The van der Waals surface area contributed by atoms with Gasteiger partial charge >= 0.3 is 0 Å². The van der Waals surface area contributed by atoms with Gasteiger partial charge in [0.15, 0.2) is 0 Å². The van der Waals surface area contributed by atoms with Gasteiger partial charge in [0.05, 0.1) is 30.5 Å². The van der Waals surface area contributed by atoms with Crippen molar-refractivity contribution in [2.45, 2.75) is 44.4 Å². The molecule has 3 nitrogen and oxygen atoms in total. The minimum atomic E-state index is -0.422. The Kier molecular flexibility index (Phi) is 3.83. The Balaban J connectivity index is 1.88. The van der Waals surface area contributed by atoms with E-state index in [1.807, 2.05) is 12.1 Å². The van der Waals surface area contributed by atoms with E-state index < -0.39 is 6.10 Å². The Morgan fingerprint density at radius 1 is 1.42 bits per heavy atom. The van der Waals surface area contributed by atoms with Crippen LogP contribution in [0.15, 0.2) is 22.7 Å². The number of aliphatic hydroxyl groups excluding tert-OH is 1. The van der Waals surface area contributed by atoms with Crippen LogP contribution in [-0.2, 0) is 4.74 Å². The zero-order chi connectivity index (χ0) is 13.4.